The predicted molar refractivity (Wildman–Crippen MR) is 272 cm³/mol. The second-order valence-electron chi connectivity index (χ2n) is 18.4. The van der Waals surface area contributed by atoms with Crippen molar-refractivity contribution in [2.24, 2.45) is 11.8 Å². The average molecular weight is 827 g/mol. The van der Waals surface area contributed by atoms with Gasteiger partial charge >= 0.3 is 0 Å². The molecule has 0 spiro atoms. The van der Waals surface area contributed by atoms with Crippen LogP contribution in [0.5, 0.6) is 0 Å². The summed E-state index contributed by atoms with van der Waals surface area (Å²) < 4.78 is 4.86. The number of benzene rings is 8. The van der Waals surface area contributed by atoms with E-state index in [9.17, 15) is 0 Å². The molecule has 0 radical (unpaired) electrons. The molecule has 312 valence electrons. The van der Waals surface area contributed by atoms with E-state index in [1.807, 2.05) is 0 Å². The van der Waals surface area contributed by atoms with Crippen molar-refractivity contribution in [2.75, 3.05) is 0 Å². The number of rotatable bonds is 8. The van der Waals surface area contributed by atoms with E-state index in [-0.39, 0.29) is 0 Å². The van der Waals surface area contributed by atoms with Gasteiger partial charge in [0.2, 0.25) is 0 Å². The quantitative estimate of drug-likeness (QED) is 0.135. The third kappa shape index (κ3) is 6.70. The van der Waals surface area contributed by atoms with Crippen LogP contribution in [0.15, 0.2) is 194 Å². The van der Waals surface area contributed by atoms with Crippen LogP contribution in [-0.4, -0.2) is 9.13 Å². The number of nitrogens with zero attached hydrogens (tertiary/aromatic N) is 2. The second-order valence-corrected chi connectivity index (χ2v) is 18.4. The molecule has 2 aromatic heterocycles. The monoisotopic (exact) mass is 826 g/mol. The first-order chi connectivity index (χ1) is 31.8. The third-order valence-electron chi connectivity index (χ3n) is 14.8. The summed E-state index contributed by atoms with van der Waals surface area (Å²) in [5.41, 5.74) is 18.7. The number of hydrogen-bond acceptors (Lipinski definition) is 0. The molecule has 0 aliphatic heterocycles. The lowest BCUT2D eigenvalue weighted by Crippen LogP contribution is -2.17. The summed E-state index contributed by atoms with van der Waals surface area (Å²) >= 11 is 0. The van der Waals surface area contributed by atoms with Gasteiger partial charge in [-0.25, -0.2) is 0 Å². The van der Waals surface area contributed by atoms with Gasteiger partial charge in [-0.3, -0.25) is 0 Å². The van der Waals surface area contributed by atoms with E-state index in [1.54, 1.807) is 11.1 Å². The molecule has 2 heterocycles. The van der Waals surface area contributed by atoms with Gasteiger partial charge in [-0.05, 0) is 131 Å². The molecule has 2 heteroatoms. The normalized spacial score (nSPS) is 15.6. The van der Waals surface area contributed by atoms with Crippen LogP contribution in [0.2, 0.25) is 0 Å². The number of fused-ring (bicyclic) bond motifs is 6. The molecule has 64 heavy (non-hydrogen) atoms. The lowest BCUT2D eigenvalue weighted by atomic mass is 9.70. The fourth-order valence-corrected chi connectivity index (χ4v) is 11.9. The van der Waals surface area contributed by atoms with Crippen LogP contribution >= 0.6 is 0 Å². The van der Waals surface area contributed by atoms with Crippen LogP contribution in [0, 0.1) is 11.8 Å². The van der Waals surface area contributed by atoms with Crippen molar-refractivity contribution in [3.63, 3.8) is 0 Å². The van der Waals surface area contributed by atoms with Gasteiger partial charge in [0.25, 0.3) is 0 Å². The van der Waals surface area contributed by atoms with Crippen molar-refractivity contribution in [1.29, 1.82) is 0 Å². The maximum absolute atomic E-state index is 2.46. The molecule has 2 saturated carbocycles. The first-order valence-corrected chi connectivity index (χ1v) is 23.9. The number of allylic oxidation sites excluding steroid dienone is 2. The van der Waals surface area contributed by atoms with Gasteiger partial charge in [-0.1, -0.05) is 184 Å². The van der Waals surface area contributed by atoms with E-state index in [0.29, 0.717) is 11.8 Å². The Bertz CT molecular complexity index is 2990. The molecule has 0 N–H and O–H groups in total. The van der Waals surface area contributed by atoms with Crippen LogP contribution in [0.3, 0.4) is 0 Å². The topological polar surface area (TPSA) is 9.86 Å². The van der Waals surface area contributed by atoms with Crippen LogP contribution in [0.25, 0.3) is 88.4 Å². The van der Waals surface area contributed by atoms with Crippen LogP contribution in [0.1, 0.15) is 75.3 Å². The van der Waals surface area contributed by atoms with Crippen LogP contribution < -0.4 is 0 Å². The van der Waals surface area contributed by atoms with E-state index >= 15 is 0 Å². The van der Waals surface area contributed by atoms with Crippen LogP contribution in [-0.2, 0) is 0 Å². The number of aromatic nitrogens is 2. The maximum Gasteiger partial charge on any atom is 0.0541 e. The van der Waals surface area contributed by atoms with Crippen molar-refractivity contribution in [3.05, 3.63) is 205 Å². The molecular weight excluding hydrogens is 773 g/mol. The van der Waals surface area contributed by atoms with E-state index in [1.165, 1.54) is 153 Å². The van der Waals surface area contributed by atoms with Gasteiger partial charge in [-0.2, -0.15) is 0 Å². The minimum absolute atomic E-state index is 0.523. The minimum atomic E-state index is 0.523. The minimum Gasteiger partial charge on any atom is -0.309 e. The van der Waals surface area contributed by atoms with E-state index < -0.39 is 0 Å². The highest BCUT2D eigenvalue weighted by molar-refractivity contribution is 6.10. The Kier molecular flexibility index (Phi) is 10.1. The Morgan fingerprint density at radius 3 is 0.938 bits per heavy atom. The highest BCUT2D eigenvalue weighted by Crippen LogP contribution is 2.50. The Hall–Kier alpha value is -6.90. The summed E-state index contributed by atoms with van der Waals surface area (Å²) in [6, 6.07) is 73.0. The summed E-state index contributed by atoms with van der Waals surface area (Å²) in [4.78, 5) is 0. The zero-order valence-electron chi connectivity index (χ0n) is 36.6. The van der Waals surface area contributed by atoms with E-state index in [4.69, 9.17) is 0 Å². The maximum atomic E-state index is 2.46. The molecule has 2 aliphatic carbocycles. The molecular formula is C62H54N2. The molecule has 0 unspecified atom stereocenters. The van der Waals surface area contributed by atoms with Gasteiger partial charge in [0.1, 0.15) is 0 Å². The third-order valence-corrected chi connectivity index (χ3v) is 14.8. The lowest BCUT2D eigenvalue weighted by Gasteiger charge is -2.34. The largest absolute Gasteiger partial charge is 0.309 e. The van der Waals surface area contributed by atoms with E-state index in [0.717, 1.165) is 0 Å². The van der Waals surface area contributed by atoms with Gasteiger partial charge in [0, 0.05) is 32.9 Å². The van der Waals surface area contributed by atoms with Crippen molar-refractivity contribution in [1.82, 2.24) is 9.13 Å². The molecule has 2 fully saturated rings. The standard InChI is InChI=1S/C62H54N2/c1-3-19-45(20-4-1)61(55-29-9-7-23-49(55)43-35-39-47(40-36-43)63-57-31-15-11-25-51(57)52-26-12-16-32-58(52)63)62(46-21-5-2-6-22-46)56-30-10-8-24-50(56)44-37-41-48(42-38-44)64-59-33-17-13-27-53(59)54-28-14-18-34-60(54)64/h7-18,23-42,45-46H,1-6,19-22H2/b62-61-. The smallest absolute Gasteiger partial charge is 0.0541 e. The molecule has 0 saturated heterocycles. The van der Waals surface area contributed by atoms with Crippen molar-refractivity contribution >= 4 is 54.8 Å². The Balaban J connectivity index is 1.01. The molecule has 8 aromatic carbocycles. The molecule has 10 aromatic rings. The molecule has 2 nitrogen and oxygen atoms in total. The summed E-state index contributed by atoms with van der Waals surface area (Å²) in [6.45, 7) is 0. The van der Waals surface area contributed by atoms with Gasteiger partial charge in [0.05, 0.1) is 22.1 Å². The molecule has 0 amide bonds. The Morgan fingerprint density at radius 2 is 0.594 bits per heavy atom. The Morgan fingerprint density at radius 1 is 0.297 bits per heavy atom. The van der Waals surface area contributed by atoms with Gasteiger partial charge in [0.15, 0.2) is 0 Å². The zero-order valence-corrected chi connectivity index (χ0v) is 36.6. The molecule has 12 rings (SSSR count). The van der Waals surface area contributed by atoms with Gasteiger partial charge in [-0.15, -0.1) is 0 Å². The second kappa shape index (κ2) is 16.7. The number of hydrogen-bond donors (Lipinski definition) is 0. The molecule has 0 bridgehead atoms. The Labute approximate surface area is 377 Å². The first-order valence-electron chi connectivity index (χ1n) is 23.9. The highest BCUT2D eigenvalue weighted by Gasteiger charge is 2.31. The molecule has 0 atom stereocenters. The van der Waals surface area contributed by atoms with E-state index in [2.05, 4.69) is 203 Å². The predicted octanol–water partition coefficient (Wildman–Crippen LogP) is 17.3. The fourth-order valence-electron chi connectivity index (χ4n) is 11.9. The van der Waals surface area contributed by atoms with Gasteiger partial charge < -0.3 is 9.13 Å². The first kappa shape index (κ1) is 38.7. The van der Waals surface area contributed by atoms with Crippen molar-refractivity contribution < 1.29 is 0 Å². The summed E-state index contributed by atoms with van der Waals surface area (Å²) in [7, 11) is 0. The summed E-state index contributed by atoms with van der Waals surface area (Å²) in [5.74, 6) is 1.05. The highest BCUT2D eigenvalue weighted by atomic mass is 15.0. The lowest BCUT2D eigenvalue weighted by molar-refractivity contribution is 0.416. The molecule has 2 aliphatic rings. The van der Waals surface area contributed by atoms with Crippen molar-refractivity contribution in [2.45, 2.75) is 64.2 Å². The SMILES string of the molecule is c1ccc(-c2ccc(-n3c4ccccc4c4ccccc43)cc2)c(/C(=C(\c2ccccc2-c2ccc(-n3c4ccccc4c4ccccc43)cc2)C2CCCCC2)C2CCCCC2)c1. The van der Waals surface area contributed by atoms with Crippen molar-refractivity contribution in [3.8, 4) is 33.6 Å². The number of para-hydroxylation sites is 4. The zero-order chi connectivity index (χ0) is 42.4. The average Bonchev–Trinajstić information content (AvgIpc) is 3.89. The summed E-state index contributed by atoms with van der Waals surface area (Å²) in [5, 5.41) is 5.18. The van der Waals surface area contributed by atoms with Crippen LogP contribution in [0.4, 0.5) is 0 Å². The summed E-state index contributed by atoms with van der Waals surface area (Å²) in [6.07, 6.45) is 12.9. The fraction of sp³-hybridized carbons (Fsp3) is 0.194.